The number of carbonyl (C=O) groups is 2. The van der Waals surface area contributed by atoms with Gasteiger partial charge in [0, 0.05) is 13.0 Å². The number of carboxylic acids is 1. The number of nitrogens with one attached hydrogen (secondary N) is 2. The Hall–Kier alpha value is -1.74. The van der Waals surface area contributed by atoms with E-state index in [4.69, 9.17) is 16.6 Å². The summed E-state index contributed by atoms with van der Waals surface area (Å²) in [7, 11) is 0. The van der Waals surface area contributed by atoms with Crippen LogP contribution in [-0.4, -0.2) is 40.9 Å². The molecular weight excluding hydrogens is 224 g/mol. The summed E-state index contributed by atoms with van der Waals surface area (Å²) in [6.07, 6.45) is 6.60. The Bertz CT molecular complexity index is 298. The van der Waals surface area contributed by atoms with Crippen LogP contribution in [-0.2, 0) is 4.79 Å². The number of aliphatic carboxylic acids is 1. The molecule has 1 unspecified atom stereocenters. The van der Waals surface area contributed by atoms with Crippen molar-refractivity contribution >= 4 is 12.0 Å². The average molecular weight is 242 g/mol. The van der Waals surface area contributed by atoms with E-state index in [-0.39, 0.29) is 13.0 Å². The molecule has 4 N–H and O–H groups in total. The lowest BCUT2D eigenvalue weighted by Crippen LogP contribution is -2.49. The summed E-state index contributed by atoms with van der Waals surface area (Å²) in [5.74, 6) is 1.21. The first-order chi connectivity index (χ1) is 8.04. The van der Waals surface area contributed by atoms with Gasteiger partial charge in [0.25, 0.3) is 0 Å². The molecule has 0 rings (SSSR count). The van der Waals surface area contributed by atoms with E-state index in [0.29, 0.717) is 6.42 Å². The number of carbonyl (C=O) groups excluding carboxylic acids is 1. The van der Waals surface area contributed by atoms with E-state index in [1.54, 1.807) is 0 Å². The van der Waals surface area contributed by atoms with Crippen molar-refractivity contribution in [2.75, 3.05) is 6.61 Å². The fraction of sp³-hybridized carbons (Fsp3) is 0.636. The van der Waals surface area contributed by atoms with Crippen LogP contribution < -0.4 is 10.6 Å². The van der Waals surface area contributed by atoms with Crippen LogP contribution in [0.4, 0.5) is 4.79 Å². The van der Waals surface area contributed by atoms with E-state index in [2.05, 4.69) is 16.6 Å². The molecule has 0 fully saturated rings. The maximum Gasteiger partial charge on any atom is 0.326 e. The largest absolute Gasteiger partial charge is 0.480 e. The summed E-state index contributed by atoms with van der Waals surface area (Å²) < 4.78 is 0. The SMILES string of the molecule is C#CC(CCC)NC(=O)N[C@@H](CCO)C(=O)O. The number of amides is 2. The molecule has 6 nitrogen and oxygen atoms in total. The molecule has 96 valence electrons. The molecule has 0 aliphatic rings. The van der Waals surface area contributed by atoms with Crippen LogP contribution in [0.1, 0.15) is 26.2 Å². The lowest BCUT2D eigenvalue weighted by atomic mass is 10.2. The highest BCUT2D eigenvalue weighted by Gasteiger charge is 2.20. The number of urea groups is 1. The van der Waals surface area contributed by atoms with Crippen molar-refractivity contribution in [3.05, 3.63) is 0 Å². The van der Waals surface area contributed by atoms with Crippen LogP contribution in [0.25, 0.3) is 0 Å². The van der Waals surface area contributed by atoms with Gasteiger partial charge >= 0.3 is 12.0 Å². The second-order valence-electron chi connectivity index (χ2n) is 3.53. The number of rotatable bonds is 7. The Balaban J connectivity index is 4.22. The summed E-state index contributed by atoms with van der Waals surface area (Å²) in [5, 5.41) is 22.1. The molecule has 0 aliphatic carbocycles. The van der Waals surface area contributed by atoms with Crippen molar-refractivity contribution in [3.63, 3.8) is 0 Å². The highest BCUT2D eigenvalue weighted by molar-refractivity contribution is 5.82. The number of carboxylic acid groups (broad SMARTS) is 1. The minimum atomic E-state index is -1.19. The second kappa shape index (κ2) is 8.42. The predicted octanol–water partition coefficient (Wildman–Crippen LogP) is -0.0769. The molecule has 2 atom stereocenters. The molecule has 0 bridgehead atoms. The third-order valence-electron chi connectivity index (χ3n) is 2.11. The fourth-order valence-electron chi connectivity index (χ4n) is 1.23. The van der Waals surface area contributed by atoms with E-state index in [1.807, 2.05) is 6.92 Å². The molecule has 0 aromatic carbocycles. The van der Waals surface area contributed by atoms with Crippen molar-refractivity contribution in [1.29, 1.82) is 0 Å². The predicted molar refractivity (Wildman–Crippen MR) is 62.3 cm³/mol. The highest BCUT2D eigenvalue weighted by Crippen LogP contribution is 1.96. The molecular formula is C11H18N2O4. The summed E-state index contributed by atoms with van der Waals surface area (Å²) >= 11 is 0. The van der Waals surface area contributed by atoms with Crippen LogP contribution in [0.2, 0.25) is 0 Å². The number of terminal acetylenes is 1. The quantitative estimate of drug-likeness (QED) is 0.469. The second-order valence-corrected chi connectivity index (χ2v) is 3.53. The van der Waals surface area contributed by atoms with Crippen LogP contribution in [0, 0.1) is 12.3 Å². The van der Waals surface area contributed by atoms with E-state index >= 15 is 0 Å². The third kappa shape index (κ3) is 6.43. The zero-order chi connectivity index (χ0) is 13.3. The van der Waals surface area contributed by atoms with Crippen molar-refractivity contribution in [3.8, 4) is 12.3 Å². The Morgan fingerprint density at radius 2 is 2.00 bits per heavy atom. The van der Waals surface area contributed by atoms with Gasteiger partial charge in [0.2, 0.25) is 0 Å². The minimum absolute atomic E-state index is 0.0444. The summed E-state index contributed by atoms with van der Waals surface area (Å²) in [6.45, 7) is 1.61. The molecule has 0 saturated heterocycles. The molecule has 0 heterocycles. The third-order valence-corrected chi connectivity index (χ3v) is 2.11. The first kappa shape index (κ1) is 15.3. The highest BCUT2D eigenvalue weighted by atomic mass is 16.4. The molecule has 0 radical (unpaired) electrons. The molecule has 6 heteroatoms. The van der Waals surface area contributed by atoms with E-state index < -0.39 is 24.1 Å². The van der Waals surface area contributed by atoms with Crippen LogP contribution in [0.5, 0.6) is 0 Å². The first-order valence-electron chi connectivity index (χ1n) is 5.42. The Labute approximate surface area is 100 Å². The maximum atomic E-state index is 11.4. The Morgan fingerprint density at radius 3 is 2.41 bits per heavy atom. The summed E-state index contributed by atoms with van der Waals surface area (Å²) in [5.41, 5.74) is 0. The molecule has 0 aliphatic heterocycles. The van der Waals surface area contributed by atoms with Crippen LogP contribution in [0.15, 0.2) is 0 Å². The van der Waals surface area contributed by atoms with E-state index in [1.165, 1.54) is 0 Å². The van der Waals surface area contributed by atoms with Gasteiger partial charge in [-0.05, 0) is 6.42 Å². The smallest absolute Gasteiger partial charge is 0.326 e. The Morgan fingerprint density at radius 1 is 1.35 bits per heavy atom. The number of aliphatic hydroxyl groups excluding tert-OH is 1. The van der Waals surface area contributed by atoms with E-state index in [9.17, 15) is 9.59 Å². The molecule has 17 heavy (non-hydrogen) atoms. The van der Waals surface area contributed by atoms with E-state index in [0.717, 1.165) is 6.42 Å². The van der Waals surface area contributed by atoms with Gasteiger partial charge in [0.05, 0.1) is 6.04 Å². The van der Waals surface area contributed by atoms with Crippen molar-refractivity contribution in [1.82, 2.24) is 10.6 Å². The van der Waals surface area contributed by atoms with Gasteiger partial charge in [0.15, 0.2) is 0 Å². The average Bonchev–Trinajstić information content (AvgIpc) is 2.27. The van der Waals surface area contributed by atoms with Crippen molar-refractivity contribution in [2.24, 2.45) is 0 Å². The van der Waals surface area contributed by atoms with Gasteiger partial charge in [-0.2, -0.15) is 0 Å². The number of aliphatic hydroxyl groups is 1. The van der Waals surface area contributed by atoms with Crippen LogP contribution >= 0.6 is 0 Å². The molecule has 2 amide bonds. The number of hydrogen-bond acceptors (Lipinski definition) is 3. The van der Waals surface area contributed by atoms with Gasteiger partial charge in [-0.15, -0.1) is 6.42 Å². The van der Waals surface area contributed by atoms with Crippen LogP contribution in [0.3, 0.4) is 0 Å². The lowest BCUT2D eigenvalue weighted by Gasteiger charge is -2.16. The standard InChI is InChI=1S/C11H18N2O4/c1-3-5-8(4-2)12-11(17)13-9(6-7-14)10(15)16/h2,8-9,14H,3,5-7H2,1H3,(H,15,16)(H2,12,13,17)/t8?,9-/m0/s1. The lowest BCUT2D eigenvalue weighted by molar-refractivity contribution is -0.139. The van der Waals surface area contributed by atoms with Crippen molar-refractivity contribution in [2.45, 2.75) is 38.3 Å². The molecule has 0 saturated carbocycles. The number of hydrogen-bond donors (Lipinski definition) is 4. The van der Waals surface area contributed by atoms with Gasteiger partial charge in [-0.25, -0.2) is 9.59 Å². The minimum Gasteiger partial charge on any atom is -0.480 e. The van der Waals surface area contributed by atoms with Crippen molar-refractivity contribution < 1.29 is 19.8 Å². The zero-order valence-corrected chi connectivity index (χ0v) is 9.77. The molecule has 0 aromatic rings. The normalized spacial score (nSPS) is 13.2. The first-order valence-corrected chi connectivity index (χ1v) is 5.42. The van der Waals surface area contributed by atoms with Gasteiger partial charge < -0.3 is 20.8 Å². The monoisotopic (exact) mass is 242 g/mol. The maximum absolute atomic E-state index is 11.4. The van der Waals surface area contributed by atoms with Gasteiger partial charge in [-0.3, -0.25) is 0 Å². The van der Waals surface area contributed by atoms with Gasteiger partial charge in [0.1, 0.15) is 6.04 Å². The van der Waals surface area contributed by atoms with Gasteiger partial charge in [-0.1, -0.05) is 19.3 Å². The Kier molecular flexibility index (Phi) is 7.55. The fourth-order valence-corrected chi connectivity index (χ4v) is 1.23. The molecule has 0 spiro atoms. The zero-order valence-electron chi connectivity index (χ0n) is 9.77. The topological polar surface area (TPSA) is 98.7 Å². The summed E-state index contributed by atoms with van der Waals surface area (Å²) in [4.78, 5) is 22.1. The molecule has 0 aromatic heterocycles. The summed E-state index contributed by atoms with van der Waals surface area (Å²) in [6, 6.07) is -2.16.